The largest absolute Gasteiger partial charge is 0.335 e. The van der Waals surface area contributed by atoms with Gasteiger partial charge in [0.05, 0.1) is 18.3 Å². The number of carbonyl (C=O) groups is 1. The van der Waals surface area contributed by atoms with Crippen molar-refractivity contribution in [2.45, 2.75) is 26.4 Å². The monoisotopic (exact) mass is 393 g/mol. The number of hydrogen-bond acceptors (Lipinski definition) is 2. The van der Waals surface area contributed by atoms with Crippen LogP contribution < -0.4 is 0 Å². The molecule has 0 aliphatic carbocycles. The van der Waals surface area contributed by atoms with Gasteiger partial charge in [-0.2, -0.15) is 5.10 Å². The molecule has 0 spiro atoms. The van der Waals surface area contributed by atoms with E-state index in [1.54, 1.807) is 28.8 Å². The van der Waals surface area contributed by atoms with Crippen LogP contribution in [0.15, 0.2) is 66.7 Å². The van der Waals surface area contributed by atoms with Crippen molar-refractivity contribution in [3.63, 3.8) is 0 Å². The Morgan fingerprint density at radius 3 is 2.39 bits per heavy atom. The first-order valence-electron chi connectivity index (χ1n) is 9.24. The van der Waals surface area contributed by atoms with Crippen molar-refractivity contribution >= 4 is 23.6 Å². The second-order valence-electron chi connectivity index (χ2n) is 6.80. The van der Waals surface area contributed by atoms with E-state index in [0.717, 1.165) is 22.4 Å². The summed E-state index contributed by atoms with van der Waals surface area (Å²) in [7, 11) is 1.80. The SMILES string of the molecule is Cc1nn(Cc2ccccc2)c(Cl)c1/C=C/C(=O)N(C)C(C)c1ccccc1. The van der Waals surface area contributed by atoms with Gasteiger partial charge in [-0.25, -0.2) is 4.68 Å². The molecule has 0 bridgehead atoms. The van der Waals surface area contributed by atoms with Crippen LogP contribution in [0, 0.1) is 6.92 Å². The molecule has 2 aromatic carbocycles. The molecule has 1 aromatic heterocycles. The Balaban J connectivity index is 1.74. The summed E-state index contributed by atoms with van der Waals surface area (Å²) in [6.07, 6.45) is 3.31. The zero-order chi connectivity index (χ0) is 20.1. The maximum atomic E-state index is 12.6. The molecule has 1 unspecified atom stereocenters. The number of amides is 1. The fourth-order valence-electron chi connectivity index (χ4n) is 3.04. The van der Waals surface area contributed by atoms with E-state index >= 15 is 0 Å². The van der Waals surface area contributed by atoms with E-state index in [1.165, 1.54) is 0 Å². The number of halogens is 1. The van der Waals surface area contributed by atoms with Gasteiger partial charge in [-0.3, -0.25) is 4.79 Å². The Hall–Kier alpha value is -2.85. The summed E-state index contributed by atoms with van der Waals surface area (Å²) < 4.78 is 1.76. The predicted octanol–water partition coefficient (Wildman–Crippen LogP) is 5.13. The molecule has 1 amide bonds. The topological polar surface area (TPSA) is 38.1 Å². The van der Waals surface area contributed by atoms with Gasteiger partial charge in [0.15, 0.2) is 0 Å². The Labute approximate surface area is 171 Å². The van der Waals surface area contributed by atoms with Crippen molar-refractivity contribution in [1.82, 2.24) is 14.7 Å². The molecule has 0 N–H and O–H groups in total. The first-order valence-corrected chi connectivity index (χ1v) is 9.62. The molecule has 3 aromatic rings. The summed E-state index contributed by atoms with van der Waals surface area (Å²) in [5.41, 5.74) is 3.78. The number of carbonyl (C=O) groups excluding carboxylic acids is 1. The molecule has 0 fully saturated rings. The maximum Gasteiger partial charge on any atom is 0.246 e. The van der Waals surface area contributed by atoms with Gasteiger partial charge in [0.2, 0.25) is 5.91 Å². The third kappa shape index (κ3) is 4.52. The third-order valence-electron chi connectivity index (χ3n) is 4.89. The minimum Gasteiger partial charge on any atom is -0.335 e. The lowest BCUT2D eigenvalue weighted by atomic mass is 10.1. The molecular formula is C23H24ClN3O. The summed E-state index contributed by atoms with van der Waals surface area (Å²) in [5.74, 6) is -0.0809. The molecule has 0 aliphatic heterocycles. The molecule has 0 saturated carbocycles. The van der Waals surface area contributed by atoms with Gasteiger partial charge in [-0.05, 0) is 31.1 Å². The maximum absolute atomic E-state index is 12.6. The number of aromatic nitrogens is 2. The predicted molar refractivity (Wildman–Crippen MR) is 114 cm³/mol. The standard InChI is InChI=1S/C23H24ClN3O/c1-17-21(23(24)27(25-17)16-19-10-6-4-7-11-19)14-15-22(28)26(3)18(2)20-12-8-5-9-13-20/h4-15,18H,16H2,1-3H3/b15-14+. The quantitative estimate of drug-likeness (QED) is 0.545. The molecule has 28 heavy (non-hydrogen) atoms. The van der Waals surface area contributed by atoms with E-state index in [-0.39, 0.29) is 11.9 Å². The lowest BCUT2D eigenvalue weighted by molar-refractivity contribution is -0.126. The first kappa shape index (κ1) is 19.9. The molecule has 0 saturated heterocycles. The number of rotatable bonds is 6. The number of hydrogen-bond donors (Lipinski definition) is 0. The van der Waals surface area contributed by atoms with Crippen LogP contribution in [0.25, 0.3) is 6.08 Å². The van der Waals surface area contributed by atoms with Crippen LogP contribution in [0.1, 0.15) is 35.3 Å². The van der Waals surface area contributed by atoms with Gasteiger partial charge in [0.25, 0.3) is 0 Å². The average Bonchev–Trinajstić information content (AvgIpc) is 2.99. The Morgan fingerprint density at radius 2 is 1.75 bits per heavy atom. The zero-order valence-corrected chi connectivity index (χ0v) is 17.1. The van der Waals surface area contributed by atoms with E-state index < -0.39 is 0 Å². The molecule has 1 atom stereocenters. The molecule has 4 nitrogen and oxygen atoms in total. The molecule has 144 valence electrons. The molecule has 0 radical (unpaired) electrons. The minimum absolute atomic E-state index is 0.0178. The van der Waals surface area contributed by atoms with Crippen molar-refractivity contribution < 1.29 is 4.79 Å². The molecule has 5 heteroatoms. The van der Waals surface area contributed by atoms with Crippen LogP contribution in [0.3, 0.4) is 0 Å². The lowest BCUT2D eigenvalue weighted by Gasteiger charge is -2.24. The van der Waals surface area contributed by atoms with E-state index in [0.29, 0.717) is 11.7 Å². The third-order valence-corrected chi connectivity index (χ3v) is 5.29. The van der Waals surface area contributed by atoms with Crippen LogP contribution in [0.4, 0.5) is 0 Å². The van der Waals surface area contributed by atoms with Crippen LogP contribution in [-0.4, -0.2) is 27.6 Å². The highest BCUT2D eigenvalue weighted by atomic mass is 35.5. The highest BCUT2D eigenvalue weighted by Crippen LogP contribution is 2.23. The normalized spacial score (nSPS) is 12.3. The summed E-state index contributed by atoms with van der Waals surface area (Å²) >= 11 is 6.53. The van der Waals surface area contributed by atoms with Gasteiger partial charge >= 0.3 is 0 Å². The van der Waals surface area contributed by atoms with Gasteiger partial charge in [-0.1, -0.05) is 72.3 Å². The highest BCUT2D eigenvalue weighted by Gasteiger charge is 2.16. The van der Waals surface area contributed by atoms with Gasteiger partial charge in [0, 0.05) is 18.7 Å². The molecule has 0 aliphatic rings. The summed E-state index contributed by atoms with van der Waals surface area (Å²) in [4.78, 5) is 14.3. The van der Waals surface area contributed by atoms with Gasteiger partial charge in [0.1, 0.15) is 5.15 Å². The number of likely N-dealkylation sites (N-methyl/N-ethyl adjacent to an activating group) is 1. The van der Waals surface area contributed by atoms with Crippen molar-refractivity contribution in [3.05, 3.63) is 94.3 Å². The van der Waals surface area contributed by atoms with E-state index in [1.807, 2.05) is 74.5 Å². The van der Waals surface area contributed by atoms with E-state index in [9.17, 15) is 4.79 Å². The van der Waals surface area contributed by atoms with Crippen molar-refractivity contribution in [2.75, 3.05) is 7.05 Å². The Kier molecular flexibility index (Phi) is 6.32. The Morgan fingerprint density at radius 1 is 1.14 bits per heavy atom. The van der Waals surface area contributed by atoms with Gasteiger partial charge < -0.3 is 4.90 Å². The number of nitrogens with zero attached hydrogens (tertiary/aromatic N) is 3. The van der Waals surface area contributed by atoms with Gasteiger partial charge in [-0.15, -0.1) is 0 Å². The van der Waals surface area contributed by atoms with Crippen molar-refractivity contribution in [2.24, 2.45) is 0 Å². The smallest absolute Gasteiger partial charge is 0.246 e. The Bertz CT molecular complexity index is 964. The molecule has 1 heterocycles. The fraction of sp³-hybridized carbons (Fsp3) is 0.217. The second kappa shape index (κ2) is 8.89. The van der Waals surface area contributed by atoms with Crippen LogP contribution in [0.5, 0.6) is 0 Å². The summed E-state index contributed by atoms with van der Waals surface area (Å²) in [6.45, 7) is 4.50. The molecular weight excluding hydrogens is 370 g/mol. The highest BCUT2D eigenvalue weighted by molar-refractivity contribution is 6.31. The van der Waals surface area contributed by atoms with Crippen molar-refractivity contribution in [3.8, 4) is 0 Å². The van der Waals surface area contributed by atoms with E-state index in [2.05, 4.69) is 5.10 Å². The summed E-state index contributed by atoms with van der Waals surface area (Å²) in [6, 6.07) is 20.0. The average molecular weight is 394 g/mol. The van der Waals surface area contributed by atoms with Crippen LogP contribution in [0.2, 0.25) is 5.15 Å². The van der Waals surface area contributed by atoms with Crippen molar-refractivity contribution in [1.29, 1.82) is 0 Å². The van der Waals surface area contributed by atoms with E-state index in [4.69, 9.17) is 11.6 Å². The van der Waals surface area contributed by atoms with Crippen LogP contribution in [-0.2, 0) is 11.3 Å². The number of benzene rings is 2. The van der Waals surface area contributed by atoms with Crippen LogP contribution >= 0.6 is 11.6 Å². The lowest BCUT2D eigenvalue weighted by Crippen LogP contribution is -2.27. The molecule has 3 rings (SSSR count). The first-order chi connectivity index (χ1) is 13.5. The zero-order valence-electron chi connectivity index (χ0n) is 16.3. The minimum atomic E-state index is -0.0809. The summed E-state index contributed by atoms with van der Waals surface area (Å²) in [5, 5.41) is 5.05. The fourth-order valence-corrected chi connectivity index (χ4v) is 3.33. The second-order valence-corrected chi connectivity index (χ2v) is 7.16. The number of aryl methyl sites for hydroxylation is 1.